The number of ketones is 1. The molecule has 0 aromatic heterocycles. The van der Waals surface area contributed by atoms with Crippen LogP contribution in [-0.4, -0.2) is 228 Å². The number of ether oxygens (including phenoxy) is 22. The first kappa shape index (κ1) is 94.3. The first-order chi connectivity index (χ1) is 61.1. The number of carbonyl (C=O) groups is 8. The maximum Gasteiger partial charge on any atom is 0.338 e. The molecule has 12 rings (SSSR count). The highest BCUT2D eigenvalue weighted by Crippen LogP contribution is 2.42. The van der Waals surface area contributed by atoms with Crippen LogP contribution in [0.4, 0.5) is 0 Å². The summed E-state index contributed by atoms with van der Waals surface area (Å²) in [6.07, 6.45) is -38.9. The number of esters is 7. The normalized spacial score (nSPS) is 28.9. The summed E-state index contributed by atoms with van der Waals surface area (Å²) in [6.45, 7) is 8.01. The smallest absolute Gasteiger partial charge is 0.338 e. The van der Waals surface area contributed by atoms with Crippen molar-refractivity contribution in [2.24, 2.45) is 5.11 Å². The number of benzene rings is 7. The SMILES string of the molecule is CO[C@@H]1[C@H](O[C@H]2[C@H](OCCCN=[N+]=[N-])O[C@H](COCc3ccccc3)[C@H](O[C@@H]3OC[C@H](OC(=O)c4ccccc4)[C@H](O[C@@H]4O[C@@H](C)[C@H](OC(C)=O)[C@@H](OC(C)=O)[C@H]4OC(C)=O)[C@H]3O[C@@H]3O[C@@H](C)[C@H](OC(=O)c4ccccc4)[C@@H](OC(=O)CCC(C)=O)[C@H]3OC(=O)c3ccccc3)[C@@H]2OCc2ccccc2)O[C@@H](C)[C@@H](OCc2ccccc2)[C@H]1OCc1ccccc1. The number of Topliss-reactive ketones (excluding diaryl/α,β-unsaturated/α-hetero) is 1. The number of methoxy groups -OCH3 is 1. The van der Waals surface area contributed by atoms with Gasteiger partial charge in [0.05, 0.1) is 81.1 Å². The highest BCUT2D eigenvalue weighted by Gasteiger charge is 2.61. The number of carbonyl (C=O) groups excluding carboxylic acids is 8. The van der Waals surface area contributed by atoms with Crippen LogP contribution in [0.25, 0.3) is 10.4 Å². The summed E-state index contributed by atoms with van der Waals surface area (Å²) in [7, 11) is 1.47. The van der Waals surface area contributed by atoms with Gasteiger partial charge in [0.15, 0.2) is 74.2 Å². The van der Waals surface area contributed by atoms with E-state index in [1.165, 1.54) is 64.3 Å². The molecule has 0 N–H and O–H groups in total. The van der Waals surface area contributed by atoms with Crippen molar-refractivity contribution in [1.82, 2.24) is 0 Å². The average Bonchev–Trinajstić information content (AvgIpc) is 0.758. The van der Waals surface area contributed by atoms with Crippen LogP contribution in [0, 0.1) is 0 Å². The third kappa shape index (κ3) is 26.2. The molecule has 0 spiro atoms. The van der Waals surface area contributed by atoms with E-state index in [1.807, 2.05) is 121 Å². The maximum absolute atomic E-state index is 15.1. The number of rotatable bonds is 40. The second-order valence-electron chi connectivity index (χ2n) is 30.6. The Morgan fingerprint density at radius 3 is 1.23 bits per heavy atom. The average molecular weight is 1740 g/mol. The summed E-state index contributed by atoms with van der Waals surface area (Å²) in [6, 6.07) is 60.6. The van der Waals surface area contributed by atoms with E-state index in [4.69, 9.17) is 104 Å². The number of hydrogen-bond acceptors (Lipinski definition) is 31. The van der Waals surface area contributed by atoms with Gasteiger partial charge in [-0.15, -0.1) is 0 Å². The topological polar surface area (TPSA) is 388 Å². The van der Waals surface area contributed by atoms with Gasteiger partial charge in [-0.3, -0.25) is 19.2 Å². The van der Waals surface area contributed by atoms with Crippen molar-refractivity contribution in [2.75, 3.05) is 33.5 Å². The Morgan fingerprint density at radius 2 is 0.754 bits per heavy atom. The molecule has 0 bridgehead atoms. The van der Waals surface area contributed by atoms with E-state index in [2.05, 4.69) is 10.0 Å². The molecule has 5 saturated heterocycles. The third-order valence-electron chi connectivity index (χ3n) is 21.2. The summed E-state index contributed by atoms with van der Waals surface area (Å²) in [5.74, 6) is -7.16. The summed E-state index contributed by atoms with van der Waals surface area (Å²) in [4.78, 5) is 115. The van der Waals surface area contributed by atoms with Gasteiger partial charge in [0, 0.05) is 52.4 Å². The molecule has 0 aliphatic carbocycles. The Balaban J connectivity index is 1.05. The van der Waals surface area contributed by atoms with Crippen LogP contribution in [0.5, 0.6) is 0 Å². The predicted molar refractivity (Wildman–Crippen MR) is 441 cm³/mol. The van der Waals surface area contributed by atoms with Gasteiger partial charge >= 0.3 is 41.8 Å². The van der Waals surface area contributed by atoms with Gasteiger partial charge in [0.25, 0.3) is 0 Å². The molecule has 7 aromatic carbocycles. The van der Waals surface area contributed by atoms with Crippen LogP contribution < -0.4 is 0 Å². The minimum atomic E-state index is -2.12. The monoisotopic (exact) mass is 1740 g/mol. The molecule has 5 heterocycles. The molecule has 0 unspecified atom stereocenters. The molecule has 0 radical (unpaired) electrons. The van der Waals surface area contributed by atoms with E-state index < -0.39 is 208 Å². The fraction of sp³-hybridized carbons (Fsp3) is 0.462. The molecule has 0 amide bonds. The predicted octanol–water partition coefficient (Wildman–Crippen LogP) is 11.3. The first-order valence-electron chi connectivity index (χ1n) is 41.7. The Labute approximate surface area is 728 Å². The molecule has 126 heavy (non-hydrogen) atoms. The van der Waals surface area contributed by atoms with E-state index in [0.29, 0.717) is 5.56 Å². The minimum Gasteiger partial charge on any atom is -0.456 e. The van der Waals surface area contributed by atoms with Crippen molar-refractivity contribution < 1.29 is 143 Å². The number of hydrogen-bond donors (Lipinski definition) is 0. The quantitative estimate of drug-likeness (QED) is 0.00859. The second kappa shape index (κ2) is 47.1. The number of nitrogens with zero attached hydrogens (tertiary/aromatic N) is 3. The lowest BCUT2D eigenvalue weighted by atomic mass is 9.95. The standard InChI is InChI=1S/C93H105N3O30/c1-55(97)45-46-71(101)120-80-74(121-87(103)67-41-26-14-27-42-67)58(4)114-93(85(80)122-88(104)68-43-28-15-29-44-68)125-82-76(124-92-84(117-61(7)100)79(116-60(6)99)73(57(3)113-92)115-59(5)98)70(118-86(102)66-39-24-13-25-40-66)54-111-90(82)123-75-69(53-106-49-62-31-16-9-17-32-62)119-89(107-48-30-47-95-96-94)83(78(75)110-52-65-37-22-12-23-38-65)126-91-81(105-8)77(109-51-64-35-20-11-21-36-64)72(56(2)112-91)108-50-63-33-18-10-19-34-63/h9-29,31-44,56-58,69-70,72-85,89-93H,30,45-54H2,1-8H3/t56-,57-,58-,69+,70-,72+,73-,74-,75-,76-,77+,78-,79+,80+,81-,82+,83+,84+,85+,89+,90-,91-,92-,93-/m0/s1. The van der Waals surface area contributed by atoms with Gasteiger partial charge in [-0.1, -0.05) is 181 Å². The molecule has 0 saturated carbocycles. The molecule has 5 aliphatic rings. The van der Waals surface area contributed by atoms with Crippen molar-refractivity contribution in [3.8, 4) is 0 Å². The van der Waals surface area contributed by atoms with E-state index in [1.54, 1.807) is 61.5 Å². The summed E-state index contributed by atoms with van der Waals surface area (Å²) in [5.41, 5.74) is 12.6. The fourth-order valence-corrected chi connectivity index (χ4v) is 15.2. The van der Waals surface area contributed by atoms with Crippen molar-refractivity contribution in [2.45, 2.75) is 242 Å². The summed E-state index contributed by atoms with van der Waals surface area (Å²) >= 11 is 0. The Kier molecular flexibility index (Phi) is 35.3. The lowest BCUT2D eigenvalue weighted by Crippen LogP contribution is -2.69. The van der Waals surface area contributed by atoms with Crippen LogP contribution in [0.1, 0.15) is 121 Å². The molecule has 33 nitrogen and oxygen atoms in total. The molecule has 5 fully saturated rings. The Morgan fingerprint density at radius 1 is 0.373 bits per heavy atom. The zero-order valence-electron chi connectivity index (χ0n) is 70.9. The highest BCUT2D eigenvalue weighted by molar-refractivity contribution is 5.91. The maximum atomic E-state index is 15.1. The van der Waals surface area contributed by atoms with Crippen LogP contribution in [0.15, 0.2) is 217 Å². The lowest BCUT2D eigenvalue weighted by Gasteiger charge is -2.52. The molecular weight excluding hydrogens is 1640 g/mol. The van der Waals surface area contributed by atoms with Gasteiger partial charge in [0.2, 0.25) is 0 Å². The zero-order chi connectivity index (χ0) is 89.0. The van der Waals surface area contributed by atoms with E-state index >= 15 is 9.59 Å². The van der Waals surface area contributed by atoms with Crippen LogP contribution in [0.2, 0.25) is 0 Å². The molecule has 33 heteroatoms. The van der Waals surface area contributed by atoms with E-state index in [0.717, 1.165) is 37.5 Å². The van der Waals surface area contributed by atoms with Crippen LogP contribution >= 0.6 is 0 Å². The van der Waals surface area contributed by atoms with Crippen LogP contribution in [-0.2, 0) is 155 Å². The van der Waals surface area contributed by atoms with Crippen molar-refractivity contribution in [3.05, 3.63) is 262 Å². The molecular formula is C93H105N3O30. The van der Waals surface area contributed by atoms with Gasteiger partial charge in [-0.2, -0.15) is 0 Å². The van der Waals surface area contributed by atoms with Gasteiger partial charge in [-0.25, -0.2) is 14.4 Å². The van der Waals surface area contributed by atoms with Gasteiger partial charge in [-0.05, 0) is 98.3 Å². The molecule has 672 valence electrons. The number of azide groups is 1. The van der Waals surface area contributed by atoms with Gasteiger partial charge < -0.3 is 109 Å². The lowest BCUT2D eigenvalue weighted by molar-refractivity contribution is -0.405. The molecule has 24 atom stereocenters. The largest absolute Gasteiger partial charge is 0.456 e. The first-order valence-corrected chi connectivity index (χ1v) is 41.7. The van der Waals surface area contributed by atoms with Crippen molar-refractivity contribution in [1.29, 1.82) is 0 Å². The van der Waals surface area contributed by atoms with Gasteiger partial charge in [0.1, 0.15) is 60.7 Å². The summed E-state index contributed by atoms with van der Waals surface area (Å²) < 4.78 is 149. The highest BCUT2D eigenvalue weighted by atomic mass is 16.8. The Hall–Kier alpha value is -10.8. The zero-order valence-corrected chi connectivity index (χ0v) is 70.9. The Bertz CT molecular complexity index is 4660. The second-order valence-corrected chi connectivity index (χ2v) is 30.6. The molecule has 5 aliphatic heterocycles. The minimum absolute atomic E-state index is 0.00885. The summed E-state index contributed by atoms with van der Waals surface area (Å²) in [5, 5.41) is 3.78. The van der Waals surface area contributed by atoms with Crippen molar-refractivity contribution >= 4 is 47.6 Å². The fourth-order valence-electron chi connectivity index (χ4n) is 15.2. The van der Waals surface area contributed by atoms with E-state index in [-0.39, 0.29) is 75.7 Å². The van der Waals surface area contributed by atoms with Crippen molar-refractivity contribution in [3.63, 3.8) is 0 Å². The third-order valence-corrected chi connectivity index (χ3v) is 21.2. The molecule has 7 aromatic rings. The van der Waals surface area contributed by atoms with Crippen LogP contribution in [0.3, 0.4) is 0 Å². The van der Waals surface area contributed by atoms with E-state index in [9.17, 15) is 34.3 Å².